The summed E-state index contributed by atoms with van der Waals surface area (Å²) in [6.45, 7) is 5.22. The summed E-state index contributed by atoms with van der Waals surface area (Å²) in [5.41, 5.74) is 8.89. The van der Waals surface area contributed by atoms with Gasteiger partial charge in [-0.2, -0.15) is 0 Å². The Morgan fingerprint density at radius 3 is 2.75 bits per heavy atom. The molecular weight excluding hydrogens is 216 g/mol. The molecule has 1 aromatic carbocycles. The molecule has 0 bridgehead atoms. The van der Waals surface area contributed by atoms with E-state index in [2.05, 4.69) is 24.4 Å². The Kier molecular flexibility index (Phi) is 5.26. The van der Waals surface area contributed by atoms with Crippen molar-refractivity contribution in [2.75, 3.05) is 11.9 Å². The first kappa shape index (κ1) is 13.0. The molecule has 3 N–H and O–H groups in total. The standard InChI is InChI=1S/C13H20N2S/c1-3-4-5-8-15-12-7-6-10(2)9-11(12)13(14)16/h6-7,9,15H,3-5,8H2,1-2H3,(H2,14,16). The van der Waals surface area contributed by atoms with E-state index in [0.29, 0.717) is 4.99 Å². The van der Waals surface area contributed by atoms with Crippen molar-refractivity contribution in [1.82, 2.24) is 0 Å². The van der Waals surface area contributed by atoms with E-state index in [9.17, 15) is 0 Å². The van der Waals surface area contributed by atoms with Gasteiger partial charge in [0.25, 0.3) is 0 Å². The fourth-order valence-corrected chi connectivity index (χ4v) is 1.78. The van der Waals surface area contributed by atoms with Crippen molar-refractivity contribution in [3.8, 4) is 0 Å². The van der Waals surface area contributed by atoms with Gasteiger partial charge in [-0.05, 0) is 25.5 Å². The number of thiocarbonyl (C=S) groups is 1. The van der Waals surface area contributed by atoms with Gasteiger partial charge in [0, 0.05) is 17.8 Å². The highest BCUT2D eigenvalue weighted by Crippen LogP contribution is 2.17. The van der Waals surface area contributed by atoms with Crippen LogP contribution in [-0.2, 0) is 0 Å². The lowest BCUT2D eigenvalue weighted by atomic mass is 10.1. The average Bonchev–Trinajstić information content (AvgIpc) is 2.26. The number of hydrogen-bond acceptors (Lipinski definition) is 2. The molecule has 0 saturated heterocycles. The largest absolute Gasteiger partial charge is 0.389 e. The molecule has 16 heavy (non-hydrogen) atoms. The number of aryl methyl sites for hydroxylation is 1. The zero-order valence-corrected chi connectivity index (χ0v) is 10.9. The molecule has 0 saturated carbocycles. The molecule has 0 aliphatic carbocycles. The van der Waals surface area contributed by atoms with E-state index < -0.39 is 0 Å². The topological polar surface area (TPSA) is 38.0 Å². The van der Waals surface area contributed by atoms with Gasteiger partial charge < -0.3 is 11.1 Å². The van der Waals surface area contributed by atoms with E-state index in [1.807, 2.05) is 13.0 Å². The summed E-state index contributed by atoms with van der Waals surface area (Å²) in [5, 5.41) is 3.39. The van der Waals surface area contributed by atoms with Crippen LogP contribution in [0.25, 0.3) is 0 Å². The van der Waals surface area contributed by atoms with Crippen LogP contribution in [0.4, 0.5) is 5.69 Å². The number of nitrogens with one attached hydrogen (secondary N) is 1. The highest BCUT2D eigenvalue weighted by molar-refractivity contribution is 7.80. The average molecular weight is 236 g/mol. The third-order valence-electron chi connectivity index (χ3n) is 2.54. The van der Waals surface area contributed by atoms with E-state index in [0.717, 1.165) is 17.8 Å². The second kappa shape index (κ2) is 6.48. The summed E-state index contributed by atoms with van der Waals surface area (Å²) in [6, 6.07) is 6.16. The molecule has 2 nitrogen and oxygen atoms in total. The van der Waals surface area contributed by atoms with Gasteiger partial charge in [-0.15, -0.1) is 0 Å². The normalized spacial score (nSPS) is 10.1. The molecule has 0 unspecified atom stereocenters. The van der Waals surface area contributed by atoms with Gasteiger partial charge in [0.05, 0.1) is 0 Å². The first-order valence-electron chi connectivity index (χ1n) is 5.79. The predicted octanol–water partition coefficient (Wildman–Crippen LogP) is 3.23. The van der Waals surface area contributed by atoms with Crippen molar-refractivity contribution in [2.24, 2.45) is 5.73 Å². The highest BCUT2D eigenvalue weighted by Gasteiger charge is 2.04. The van der Waals surface area contributed by atoms with Crippen molar-refractivity contribution in [2.45, 2.75) is 33.1 Å². The maximum Gasteiger partial charge on any atom is 0.106 e. The monoisotopic (exact) mass is 236 g/mol. The van der Waals surface area contributed by atoms with Crippen molar-refractivity contribution in [1.29, 1.82) is 0 Å². The van der Waals surface area contributed by atoms with Gasteiger partial charge in [0.2, 0.25) is 0 Å². The van der Waals surface area contributed by atoms with Crippen LogP contribution < -0.4 is 11.1 Å². The van der Waals surface area contributed by atoms with Crippen LogP contribution in [0.5, 0.6) is 0 Å². The van der Waals surface area contributed by atoms with Gasteiger partial charge in [-0.1, -0.05) is 43.6 Å². The molecule has 88 valence electrons. The summed E-state index contributed by atoms with van der Waals surface area (Å²) in [5.74, 6) is 0. The molecule has 1 rings (SSSR count). The first-order valence-corrected chi connectivity index (χ1v) is 6.20. The lowest BCUT2D eigenvalue weighted by Gasteiger charge is -2.11. The van der Waals surface area contributed by atoms with Gasteiger partial charge >= 0.3 is 0 Å². The Morgan fingerprint density at radius 2 is 2.12 bits per heavy atom. The molecule has 1 aromatic rings. The minimum Gasteiger partial charge on any atom is -0.389 e. The van der Waals surface area contributed by atoms with Gasteiger partial charge in [0.15, 0.2) is 0 Å². The predicted molar refractivity (Wildman–Crippen MR) is 75.1 cm³/mol. The Labute approximate surface area is 103 Å². The summed E-state index contributed by atoms with van der Waals surface area (Å²) in [4.78, 5) is 0.460. The van der Waals surface area contributed by atoms with Crippen LogP contribution in [0.15, 0.2) is 18.2 Å². The molecular formula is C13H20N2S. The van der Waals surface area contributed by atoms with Crippen molar-refractivity contribution >= 4 is 22.9 Å². The fraction of sp³-hybridized carbons (Fsp3) is 0.462. The zero-order valence-electron chi connectivity index (χ0n) is 10.0. The lowest BCUT2D eigenvalue weighted by Crippen LogP contribution is -2.14. The maximum absolute atomic E-state index is 5.71. The Morgan fingerprint density at radius 1 is 1.38 bits per heavy atom. The summed E-state index contributed by atoms with van der Waals surface area (Å²) in [6.07, 6.45) is 3.67. The van der Waals surface area contributed by atoms with Crippen LogP contribution >= 0.6 is 12.2 Å². The van der Waals surface area contributed by atoms with E-state index in [1.165, 1.54) is 24.8 Å². The minimum absolute atomic E-state index is 0.460. The van der Waals surface area contributed by atoms with Gasteiger partial charge in [0.1, 0.15) is 4.99 Å². The quantitative estimate of drug-likeness (QED) is 0.588. The summed E-state index contributed by atoms with van der Waals surface area (Å²) in [7, 11) is 0. The lowest BCUT2D eigenvalue weighted by molar-refractivity contribution is 0.744. The van der Waals surface area contributed by atoms with Crippen LogP contribution in [0, 0.1) is 6.92 Å². The maximum atomic E-state index is 5.71. The van der Waals surface area contributed by atoms with Gasteiger partial charge in [-0.3, -0.25) is 0 Å². The van der Waals surface area contributed by atoms with Crippen LogP contribution in [-0.4, -0.2) is 11.5 Å². The van der Waals surface area contributed by atoms with E-state index in [1.54, 1.807) is 0 Å². The number of unbranched alkanes of at least 4 members (excludes halogenated alkanes) is 2. The SMILES string of the molecule is CCCCCNc1ccc(C)cc1C(N)=S. The summed E-state index contributed by atoms with van der Waals surface area (Å²) < 4.78 is 0. The molecule has 0 aliphatic rings. The molecule has 0 fully saturated rings. The number of anilines is 1. The number of benzene rings is 1. The van der Waals surface area contributed by atoms with Crippen LogP contribution in [0.1, 0.15) is 37.3 Å². The number of rotatable bonds is 6. The molecule has 0 amide bonds. The molecule has 0 aliphatic heterocycles. The van der Waals surface area contributed by atoms with Gasteiger partial charge in [-0.25, -0.2) is 0 Å². The molecule has 0 atom stereocenters. The first-order chi connectivity index (χ1) is 7.65. The van der Waals surface area contributed by atoms with Crippen LogP contribution in [0.2, 0.25) is 0 Å². The van der Waals surface area contributed by atoms with Crippen LogP contribution in [0.3, 0.4) is 0 Å². The zero-order chi connectivity index (χ0) is 12.0. The summed E-state index contributed by atoms with van der Waals surface area (Å²) >= 11 is 5.05. The molecule has 0 spiro atoms. The van der Waals surface area contributed by atoms with Crippen molar-refractivity contribution < 1.29 is 0 Å². The molecule has 0 heterocycles. The van der Waals surface area contributed by atoms with E-state index in [4.69, 9.17) is 18.0 Å². The second-order valence-electron chi connectivity index (χ2n) is 4.05. The fourth-order valence-electron chi connectivity index (χ4n) is 1.61. The van der Waals surface area contributed by atoms with E-state index in [-0.39, 0.29) is 0 Å². The minimum atomic E-state index is 0.460. The Bertz CT molecular complexity index is 361. The second-order valence-corrected chi connectivity index (χ2v) is 4.49. The smallest absolute Gasteiger partial charge is 0.106 e. The Hall–Kier alpha value is -1.09. The third kappa shape index (κ3) is 3.81. The number of nitrogens with two attached hydrogens (primary N) is 1. The van der Waals surface area contributed by atoms with Crippen molar-refractivity contribution in [3.63, 3.8) is 0 Å². The third-order valence-corrected chi connectivity index (χ3v) is 2.76. The number of hydrogen-bond donors (Lipinski definition) is 2. The molecule has 0 radical (unpaired) electrons. The Balaban J connectivity index is 2.67. The molecule has 0 aromatic heterocycles. The van der Waals surface area contributed by atoms with E-state index >= 15 is 0 Å². The highest BCUT2D eigenvalue weighted by atomic mass is 32.1. The van der Waals surface area contributed by atoms with Crippen molar-refractivity contribution in [3.05, 3.63) is 29.3 Å². The molecule has 3 heteroatoms.